The molecule has 0 aromatic heterocycles. The van der Waals surface area contributed by atoms with Crippen molar-refractivity contribution in [1.82, 2.24) is 52.8 Å². The van der Waals surface area contributed by atoms with Gasteiger partial charge in [0.2, 0.25) is 59.1 Å². The van der Waals surface area contributed by atoms with Gasteiger partial charge in [0.05, 0.1) is 31.8 Å². The largest absolute Gasteiger partial charge is 0.480 e. The van der Waals surface area contributed by atoms with Crippen LogP contribution in [0.2, 0.25) is 0 Å². The topological polar surface area (TPSA) is 366 Å². The molecule has 0 unspecified atom stereocenters. The van der Waals surface area contributed by atoms with Crippen LogP contribution in [-0.4, -0.2) is 161 Å². The molecule has 2 aliphatic rings. The van der Waals surface area contributed by atoms with Crippen molar-refractivity contribution in [3.05, 3.63) is 0 Å². The Morgan fingerprint density at radius 1 is 0.656 bits per heavy atom. The molecule has 24 nitrogen and oxygen atoms in total. The zero-order valence-electron chi connectivity index (χ0n) is 37.4. The summed E-state index contributed by atoms with van der Waals surface area (Å²) in [6.45, 7) is 8.58. The highest BCUT2D eigenvalue weighted by atomic mass is 16.4. The molecule has 0 aromatic carbocycles. The Morgan fingerprint density at radius 3 is 1.78 bits per heavy atom. The zero-order chi connectivity index (χ0) is 48.3. The number of aliphatic carboxylic acids is 1. The number of aliphatic hydroxyl groups is 1. The number of likely N-dealkylation sites (tertiary alicyclic amines) is 1. The van der Waals surface area contributed by atoms with Gasteiger partial charge in [0.25, 0.3) is 0 Å². The van der Waals surface area contributed by atoms with Crippen molar-refractivity contribution in [2.45, 2.75) is 141 Å². The van der Waals surface area contributed by atoms with Crippen molar-refractivity contribution in [2.75, 3.05) is 32.7 Å². The normalized spacial score (nSPS) is 19.5. The van der Waals surface area contributed by atoms with E-state index >= 15 is 0 Å². The molecule has 0 bridgehead atoms. The third kappa shape index (κ3) is 19.2. The van der Waals surface area contributed by atoms with Gasteiger partial charge in [0.15, 0.2) is 0 Å². The lowest BCUT2D eigenvalue weighted by Crippen LogP contribution is -2.57. The highest BCUT2D eigenvalue weighted by molar-refractivity contribution is 5.97. The molecule has 0 radical (unpaired) electrons. The van der Waals surface area contributed by atoms with Gasteiger partial charge in [-0.2, -0.15) is 0 Å². The van der Waals surface area contributed by atoms with E-state index in [1.807, 2.05) is 0 Å². The molecule has 24 heteroatoms. The molecule has 10 amide bonds. The lowest BCUT2D eigenvalue weighted by atomic mass is 10.0. The highest BCUT2D eigenvalue weighted by Gasteiger charge is 2.35. The first-order chi connectivity index (χ1) is 30.0. The first-order valence-corrected chi connectivity index (χ1v) is 21.5. The molecular weight excluding hydrogens is 843 g/mol. The number of nitrogens with one attached hydrogen (secondary N) is 9. The fourth-order valence-corrected chi connectivity index (χ4v) is 6.89. The summed E-state index contributed by atoms with van der Waals surface area (Å²) in [5.74, 6) is -8.64. The van der Waals surface area contributed by atoms with Crippen molar-refractivity contribution in [1.29, 1.82) is 0 Å². The van der Waals surface area contributed by atoms with E-state index in [1.165, 1.54) is 18.7 Å². The number of carboxylic acids is 1. The van der Waals surface area contributed by atoms with Crippen LogP contribution < -0.4 is 53.6 Å². The van der Waals surface area contributed by atoms with Crippen LogP contribution in [0.4, 0.5) is 0 Å². The Bertz CT molecular complexity index is 1710. The summed E-state index contributed by atoms with van der Waals surface area (Å²) >= 11 is 0. The zero-order valence-corrected chi connectivity index (χ0v) is 37.4. The van der Waals surface area contributed by atoms with Crippen LogP contribution in [0.15, 0.2) is 0 Å². The van der Waals surface area contributed by atoms with E-state index in [0.717, 1.165) is 0 Å². The number of carboxylic acid groups (broad SMARTS) is 1. The Morgan fingerprint density at radius 2 is 1.22 bits per heavy atom. The number of β-amino-alcohol motifs (C(OH)–C–C–N with tert-alkyl or cyclic N) is 1. The fourth-order valence-electron chi connectivity index (χ4n) is 6.89. The van der Waals surface area contributed by atoms with Crippen molar-refractivity contribution in [3.8, 4) is 0 Å². The van der Waals surface area contributed by atoms with E-state index in [2.05, 4.69) is 47.9 Å². The summed E-state index contributed by atoms with van der Waals surface area (Å²) in [6.07, 6.45) is 0.684. The Kier molecular flexibility index (Phi) is 22.6. The smallest absolute Gasteiger partial charge is 0.325 e. The molecule has 2 fully saturated rings. The van der Waals surface area contributed by atoms with Gasteiger partial charge in [-0.15, -0.1) is 0 Å². The number of rotatable bonds is 25. The number of aliphatic hydroxyl groups excluding tert-OH is 1. The lowest BCUT2D eigenvalue weighted by Gasteiger charge is -2.35. The van der Waals surface area contributed by atoms with Gasteiger partial charge in [-0.3, -0.25) is 52.7 Å². The quantitative estimate of drug-likeness (QED) is 0.0410. The van der Waals surface area contributed by atoms with Gasteiger partial charge in [0, 0.05) is 19.5 Å². The maximum atomic E-state index is 13.4. The van der Waals surface area contributed by atoms with E-state index < -0.39 is 133 Å². The number of carbonyl (C=O) groups excluding carboxylic acids is 10. The average molecular weight is 910 g/mol. The van der Waals surface area contributed by atoms with E-state index in [1.54, 1.807) is 27.7 Å². The first-order valence-electron chi connectivity index (χ1n) is 21.5. The van der Waals surface area contributed by atoms with Crippen LogP contribution in [0.5, 0.6) is 0 Å². The van der Waals surface area contributed by atoms with Crippen molar-refractivity contribution in [3.63, 3.8) is 0 Å². The number of hydrogen-bond donors (Lipinski definition) is 12. The van der Waals surface area contributed by atoms with Gasteiger partial charge in [0.1, 0.15) is 36.3 Å². The molecule has 0 aromatic rings. The van der Waals surface area contributed by atoms with E-state index in [9.17, 15) is 57.8 Å². The standard InChI is InChI=1S/C40H67N11O13/c1-20(2)13-27(50-37(60)25(10-11-30(41)53)48-31(54)17-43-35(58)26-15-24(52)16-42-26)36(59)44-18-32(55)49-28(14-21(3)4)38(61)46-22(5)34(57)45-19-33(56)51-12-8-7-9-29(51)39(62)47-23(6)40(63)64/h20-29,42,52H,7-19H2,1-6H3,(H2,41,53)(H,43,58)(H,44,59)(H,45,57)(H,46,61)(H,47,62)(H,48,54)(H,49,55)(H,50,60)(H,63,64)/t22-,23-,24+,25-,26-,27-,28-,29-/m0/s1. The molecule has 0 saturated carbocycles. The van der Waals surface area contributed by atoms with E-state index in [0.29, 0.717) is 19.3 Å². The molecule has 360 valence electrons. The van der Waals surface area contributed by atoms with E-state index in [4.69, 9.17) is 10.8 Å². The van der Waals surface area contributed by atoms with Crippen LogP contribution in [0.25, 0.3) is 0 Å². The molecule has 8 atom stereocenters. The molecule has 2 heterocycles. The second-order valence-electron chi connectivity index (χ2n) is 17.0. The maximum absolute atomic E-state index is 13.4. The van der Waals surface area contributed by atoms with Crippen molar-refractivity contribution in [2.24, 2.45) is 17.6 Å². The van der Waals surface area contributed by atoms with Gasteiger partial charge >= 0.3 is 5.97 Å². The third-order valence-corrected chi connectivity index (χ3v) is 10.3. The van der Waals surface area contributed by atoms with Gasteiger partial charge in [-0.25, -0.2) is 0 Å². The minimum absolute atomic E-state index is 0.0932. The minimum Gasteiger partial charge on any atom is -0.480 e. The second kappa shape index (κ2) is 26.7. The number of nitrogens with zero attached hydrogens (tertiary/aromatic N) is 1. The van der Waals surface area contributed by atoms with Crippen LogP contribution in [0.1, 0.15) is 92.9 Å². The van der Waals surface area contributed by atoms with Gasteiger partial charge in [-0.05, 0) is 70.6 Å². The fraction of sp³-hybridized carbons (Fsp3) is 0.725. The third-order valence-electron chi connectivity index (χ3n) is 10.3. The predicted molar refractivity (Wildman–Crippen MR) is 227 cm³/mol. The number of hydrogen-bond acceptors (Lipinski definition) is 13. The van der Waals surface area contributed by atoms with Crippen LogP contribution in [-0.2, 0) is 52.7 Å². The summed E-state index contributed by atoms with van der Waals surface area (Å²) < 4.78 is 0. The van der Waals surface area contributed by atoms with Gasteiger partial charge < -0.3 is 68.7 Å². The molecule has 2 saturated heterocycles. The first kappa shape index (κ1) is 54.2. The number of piperidine rings is 1. The van der Waals surface area contributed by atoms with Crippen LogP contribution in [0.3, 0.4) is 0 Å². The summed E-state index contributed by atoms with van der Waals surface area (Å²) in [7, 11) is 0. The van der Waals surface area contributed by atoms with E-state index in [-0.39, 0.29) is 57.0 Å². The Labute approximate surface area is 371 Å². The highest BCUT2D eigenvalue weighted by Crippen LogP contribution is 2.18. The molecular formula is C40H67N11O13. The van der Waals surface area contributed by atoms with Crippen molar-refractivity contribution >= 4 is 65.0 Å². The number of amides is 10. The molecule has 0 aliphatic carbocycles. The number of carbonyl (C=O) groups is 11. The lowest BCUT2D eigenvalue weighted by molar-refractivity contribution is -0.145. The maximum Gasteiger partial charge on any atom is 0.325 e. The molecule has 0 spiro atoms. The summed E-state index contributed by atoms with van der Waals surface area (Å²) in [5.41, 5.74) is 5.28. The summed E-state index contributed by atoms with van der Waals surface area (Å²) in [6, 6.07) is -7.69. The predicted octanol–water partition coefficient (Wildman–Crippen LogP) is -4.66. The molecule has 13 N–H and O–H groups in total. The minimum atomic E-state index is -1.34. The Hall–Kier alpha value is -5.91. The number of nitrogens with two attached hydrogens (primary N) is 1. The molecule has 64 heavy (non-hydrogen) atoms. The number of primary amides is 1. The second-order valence-corrected chi connectivity index (χ2v) is 17.0. The monoisotopic (exact) mass is 909 g/mol. The van der Waals surface area contributed by atoms with Gasteiger partial charge in [-0.1, -0.05) is 27.7 Å². The summed E-state index contributed by atoms with van der Waals surface area (Å²) in [4.78, 5) is 141. The SMILES string of the molecule is CC(C)C[C@H](NC(=O)CNC(=O)[C@H](CC(C)C)NC(=O)[C@H](CCC(N)=O)NC(=O)CNC(=O)[C@@H]1C[C@@H](O)CN1)C(=O)N[C@@H](C)C(=O)NCC(=O)N1CCCC[C@H]1C(=O)N[C@@H](C)C(=O)O. The molecule has 2 aliphatic heterocycles. The summed E-state index contributed by atoms with van der Waals surface area (Å²) in [5, 5.41) is 41.3. The van der Waals surface area contributed by atoms with Crippen LogP contribution >= 0.6 is 0 Å². The van der Waals surface area contributed by atoms with Crippen LogP contribution in [0, 0.1) is 11.8 Å². The Balaban J connectivity index is 1.99. The molecule has 2 rings (SSSR count). The van der Waals surface area contributed by atoms with Crippen molar-refractivity contribution < 1.29 is 63.0 Å². The average Bonchev–Trinajstić information content (AvgIpc) is 3.67.